The van der Waals surface area contributed by atoms with Crippen LogP contribution in [0.2, 0.25) is 5.02 Å². The van der Waals surface area contributed by atoms with Crippen molar-refractivity contribution in [1.82, 2.24) is 5.32 Å². The molecule has 1 N–H and O–H groups in total. The minimum atomic E-state index is 0.215. The quantitative estimate of drug-likeness (QED) is 0.854. The van der Waals surface area contributed by atoms with Gasteiger partial charge in [-0.1, -0.05) is 46.9 Å². The molecule has 0 amide bonds. The van der Waals surface area contributed by atoms with Crippen LogP contribution in [-0.2, 0) is 0 Å². The monoisotopic (exact) mass is 263 g/mol. The van der Waals surface area contributed by atoms with E-state index in [0.717, 1.165) is 5.02 Å². The van der Waals surface area contributed by atoms with E-state index < -0.39 is 0 Å². The van der Waals surface area contributed by atoms with Crippen LogP contribution in [0.1, 0.15) is 18.5 Å². The summed E-state index contributed by atoms with van der Waals surface area (Å²) in [4.78, 5) is 0. The van der Waals surface area contributed by atoms with Crippen molar-refractivity contribution in [2.45, 2.75) is 13.0 Å². The van der Waals surface area contributed by atoms with Crippen molar-refractivity contribution in [3.8, 4) is 0 Å². The van der Waals surface area contributed by atoms with Crippen LogP contribution in [0.4, 0.5) is 0 Å². The summed E-state index contributed by atoms with van der Waals surface area (Å²) in [6, 6.07) is 7.92. The predicted octanol–water partition coefficient (Wildman–Crippen LogP) is 4.31. The summed E-state index contributed by atoms with van der Waals surface area (Å²) < 4.78 is 0. The number of hydrogen-bond acceptors (Lipinski definition) is 1. The first kappa shape index (κ1) is 12.9. The van der Waals surface area contributed by atoms with Gasteiger partial charge in [-0.2, -0.15) is 0 Å². The highest BCUT2D eigenvalue weighted by Crippen LogP contribution is 2.16. The third kappa shape index (κ3) is 4.43. The summed E-state index contributed by atoms with van der Waals surface area (Å²) >= 11 is 17.0. The molecule has 1 atom stereocenters. The molecule has 1 unspecified atom stereocenters. The third-order valence-corrected chi connectivity index (χ3v) is 2.94. The van der Waals surface area contributed by atoms with E-state index in [1.165, 1.54) is 11.1 Å². The molecular weight excluding hydrogens is 252 g/mol. The molecule has 0 aromatic heterocycles. The molecule has 15 heavy (non-hydrogen) atoms. The molecular formula is C11H12Cl3N. The Balaban J connectivity index is 2.53. The van der Waals surface area contributed by atoms with E-state index in [4.69, 9.17) is 34.8 Å². The average molecular weight is 265 g/mol. The van der Waals surface area contributed by atoms with Gasteiger partial charge >= 0.3 is 0 Å². The van der Waals surface area contributed by atoms with Crippen LogP contribution in [0.3, 0.4) is 0 Å². The molecule has 0 bridgehead atoms. The minimum absolute atomic E-state index is 0.215. The molecule has 0 spiro atoms. The largest absolute Gasteiger partial charge is 0.305 e. The minimum Gasteiger partial charge on any atom is -0.305 e. The zero-order chi connectivity index (χ0) is 11.3. The maximum atomic E-state index is 5.80. The van der Waals surface area contributed by atoms with E-state index in [1.807, 2.05) is 24.3 Å². The molecule has 0 saturated heterocycles. The summed E-state index contributed by atoms with van der Waals surface area (Å²) in [6.45, 7) is 2.62. The lowest BCUT2D eigenvalue weighted by Gasteiger charge is -2.13. The van der Waals surface area contributed by atoms with Gasteiger partial charge < -0.3 is 5.32 Å². The lowest BCUT2D eigenvalue weighted by atomic mass is 10.1. The maximum absolute atomic E-state index is 5.80. The smallest absolute Gasteiger partial charge is 0.0432 e. The molecule has 0 aliphatic heterocycles. The summed E-state index contributed by atoms with van der Waals surface area (Å²) in [7, 11) is 0. The highest BCUT2D eigenvalue weighted by atomic mass is 35.5. The van der Waals surface area contributed by atoms with Gasteiger partial charge in [0.1, 0.15) is 0 Å². The van der Waals surface area contributed by atoms with E-state index >= 15 is 0 Å². The van der Waals surface area contributed by atoms with E-state index in [2.05, 4.69) is 12.2 Å². The van der Waals surface area contributed by atoms with Gasteiger partial charge in [-0.05, 0) is 24.6 Å². The zero-order valence-electron chi connectivity index (χ0n) is 8.31. The second-order valence-electron chi connectivity index (χ2n) is 3.21. The van der Waals surface area contributed by atoms with Crippen LogP contribution in [0.15, 0.2) is 34.8 Å². The van der Waals surface area contributed by atoms with Crippen LogP contribution in [0, 0.1) is 0 Å². The molecule has 1 aromatic carbocycles. The maximum Gasteiger partial charge on any atom is 0.0432 e. The standard InChI is InChI=1S/C11H12Cl3N/c1-8(15-7-11(14)6-12)9-2-4-10(13)5-3-9/h2-6,8,15H,7H2,1H3. The molecule has 0 fully saturated rings. The first-order valence-electron chi connectivity index (χ1n) is 4.57. The van der Waals surface area contributed by atoms with E-state index in [9.17, 15) is 0 Å². The summed E-state index contributed by atoms with van der Waals surface area (Å²) in [5, 5.41) is 4.58. The molecule has 0 aliphatic rings. The summed E-state index contributed by atoms with van der Waals surface area (Å²) in [5.74, 6) is 0. The molecule has 1 nitrogen and oxygen atoms in total. The first-order chi connectivity index (χ1) is 7.13. The molecule has 1 rings (SSSR count). The van der Waals surface area contributed by atoms with Crippen molar-refractivity contribution in [3.63, 3.8) is 0 Å². The fourth-order valence-corrected chi connectivity index (χ4v) is 1.44. The molecule has 4 heteroatoms. The Morgan fingerprint density at radius 2 is 2.00 bits per heavy atom. The van der Waals surface area contributed by atoms with Crippen molar-refractivity contribution in [2.24, 2.45) is 0 Å². The molecule has 1 aromatic rings. The fraction of sp³-hybridized carbons (Fsp3) is 0.273. The molecule has 0 saturated carbocycles. The van der Waals surface area contributed by atoms with Crippen LogP contribution in [-0.4, -0.2) is 6.54 Å². The second-order valence-corrected chi connectivity index (χ2v) is 4.35. The van der Waals surface area contributed by atoms with E-state index in [0.29, 0.717) is 11.6 Å². The Labute approximate surface area is 105 Å². The number of benzene rings is 1. The second kappa shape index (κ2) is 6.39. The number of nitrogens with one attached hydrogen (secondary N) is 1. The highest BCUT2D eigenvalue weighted by Gasteiger charge is 2.04. The van der Waals surface area contributed by atoms with Gasteiger partial charge in [0.25, 0.3) is 0 Å². The average Bonchev–Trinajstić information content (AvgIpc) is 2.26. The lowest BCUT2D eigenvalue weighted by Crippen LogP contribution is -2.19. The Morgan fingerprint density at radius 3 is 2.53 bits per heavy atom. The Bertz CT molecular complexity index is 332. The third-order valence-electron chi connectivity index (χ3n) is 2.07. The fourth-order valence-electron chi connectivity index (χ4n) is 1.16. The number of halogens is 3. The van der Waals surface area contributed by atoms with Crippen molar-refractivity contribution in [1.29, 1.82) is 0 Å². The normalized spacial score (nSPS) is 14.0. The Morgan fingerprint density at radius 1 is 1.40 bits per heavy atom. The molecule has 0 radical (unpaired) electrons. The van der Waals surface area contributed by atoms with Gasteiger partial charge in [0.15, 0.2) is 0 Å². The van der Waals surface area contributed by atoms with Crippen LogP contribution in [0.5, 0.6) is 0 Å². The van der Waals surface area contributed by atoms with Gasteiger partial charge in [-0.15, -0.1) is 0 Å². The summed E-state index contributed by atoms with van der Waals surface area (Å²) in [6.07, 6.45) is 0. The van der Waals surface area contributed by atoms with Gasteiger partial charge in [0.05, 0.1) is 0 Å². The number of rotatable bonds is 4. The number of hydrogen-bond donors (Lipinski definition) is 1. The van der Waals surface area contributed by atoms with Crippen LogP contribution >= 0.6 is 34.8 Å². The van der Waals surface area contributed by atoms with Crippen LogP contribution < -0.4 is 5.32 Å². The van der Waals surface area contributed by atoms with E-state index in [1.54, 1.807) is 0 Å². The van der Waals surface area contributed by atoms with Crippen molar-refractivity contribution in [3.05, 3.63) is 45.4 Å². The van der Waals surface area contributed by atoms with E-state index in [-0.39, 0.29) is 6.04 Å². The predicted molar refractivity (Wildman–Crippen MR) is 67.7 cm³/mol. The van der Waals surface area contributed by atoms with Crippen LogP contribution in [0.25, 0.3) is 0 Å². The van der Waals surface area contributed by atoms with Crippen molar-refractivity contribution >= 4 is 34.8 Å². The van der Waals surface area contributed by atoms with Gasteiger partial charge in [-0.3, -0.25) is 0 Å². The SMILES string of the molecule is CC(NCC(Cl)=CCl)c1ccc(Cl)cc1. The zero-order valence-corrected chi connectivity index (χ0v) is 10.6. The summed E-state index contributed by atoms with van der Waals surface area (Å²) in [5.41, 5.74) is 2.53. The molecule has 82 valence electrons. The topological polar surface area (TPSA) is 12.0 Å². The van der Waals surface area contributed by atoms with Crippen molar-refractivity contribution in [2.75, 3.05) is 6.54 Å². The Kier molecular flexibility index (Phi) is 5.48. The molecule has 0 aliphatic carbocycles. The van der Waals surface area contributed by atoms with Gasteiger partial charge in [0, 0.05) is 28.2 Å². The van der Waals surface area contributed by atoms with Crippen molar-refractivity contribution < 1.29 is 0 Å². The van der Waals surface area contributed by atoms with Gasteiger partial charge in [-0.25, -0.2) is 0 Å². The lowest BCUT2D eigenvalue weighted by molar-refractivity contribution is 0.614. The highest BCUT2D eigenvalue weighted by molar-refractivity contribution is 6.36. The Hall–Kier alpha value is -0.210. The first-order valence-corrected chi connectivity index (χ1v) is 5.76. The molecule has 0 heterocycles. The van der Waals surface area contributed by atoms with Gasteiger partial charge in [0.2, 0.25) is 0 Å².